The fraction of sp³-hybridized carbons (Fsp3) is 0. The van der Waals surface area contributed by atoms with Gasteiger partial charge in [0.15, 0.2) is 0 Å². The third kappa shape index (κ3) is 5.20. The van der Waals surface area contributed by atoms with E-state index >= 15 is 0 Å². The van der Waals surface area contributed by atoms with Crippen molar-refractivity contribution >= 4 is 34.7 Å². The minimum Gasteiger partial charge on any atom is -0.457 e. The van der Waals surface area contributed by atoms with Gasteiger partial charge in [-0.25, -0.2) is 4.79 Å². The molecule has 0 aliphatic heterocycles. The van der Waals surface area contributed by atoms with Gasteiger partial charge in [0.25, 0.3) is 5.69 Å². The number of benzene rings is 3. The van der Waals surface area contributed by atoms with E-state index < -0.39 is 11.0 Å². The molecule has 0 aromatic heterocycles. The molecular weight excluding hydrogens is 370 g/mol. The lowest BCUT2D eigenvalue weighted by Gasteiger charge is -2.09. The summed E-state index contributed by atoms with van der Waals surface area (Å²) in [7, 11) is 0. The van der Waals surface area contributed by atoms with Crippen molar-refractivity contribution in [1.82, 2.24) is 0 Å². The normalized spacial score (nSPS) is 10.1. The highest BCUT2D eigenvalue weighted by atomic mass is 35.5. The Morgan fingerprint density at radius 1 is 0.889 bits per heavy atom. The third-order valence-corrected chi connectivity index (χ3v) is 3.73. The monoisotopic (exact) mass is 383 g/mol. The minimum atomic E-state index is -0.525. The molecule has 0 aliphatic rings. The van der Waals surface area contributed by atoms with E-state index in [2.05, 4.69) is 10.6 Å². The summed E-state index contributed by atoms with van der Waals surface area (Å²) in [5, 5.41) is 16.6. The van der Waals surface area contributed by atoms with Crippen LogP contribution in [0.15, 0.2) is 72.8 Å². The summed E-state index contributed by atoms with van der Waals surface area (Å²) < 4.78 is 5.67. The number of ether oxygens (including phenoxy) is 1. The SMILES string of the molecule is O=C(Nc1ccc(Oc2ccc(Cl)cc2)cc1)Nc1cccc([N+](=O)[O-])c1. The van der Waals surface area contributed by atoms with E-state index in [4.69, 9.17) is 16.3 Å². The zero-order chi connectivity index (χ0) is 19.2. The van der Waals surface area contributed by atoms with Gasteiger partial charge in [0, 0.05) is 28.5 Å². The Labute approximate surface area is 159 Å². The molecule has 2 amide bonds. The van der Waals surface area contributed by atoms with E-state index in [1.165, 1.54) is 18.2 Å². The number of nitrogens with one attached hydrogen (secondary N) is 2. The summed E-state index contributed by atoms with van der Waals surface area (Å²) in [6.45, 7) is 0. The number of anilines is 2. The fourth-order valence-corrected chi connectivity index (χ4v) is 2.36. The van der Waals surface area contributed by atoms with Gasteiger partial charge in [-0.1, -0.05) is 17.7 Å². The maximum Gasteiger partial charge on any atom is 0.323 e. The van der Waals surface area contributed by atoms with Crippen LogP contribution in [0.25, 0.3) is 0 Å². The van der Waals surface area contributed by atoms with Crippen LogP contribution in [-0.2, 0) is 0 Å². The van der Waals surface area contributed by atoms with Gasteiger partial charge in [-0.3, -0.25) is 10.1 Å². The van der Waals surface area contributed by atoms with Gasteiger partial charge in [0.2, 0.25) is 0 Å². The smallest absolute Gasteiger partial charge is 0.323 e. The number of carbonyl (C=O) groups is 1. The van der Waals surface area contributed by atoms with Crippen LogP contribution in [0, 0.1) is 10.1 Å². The zero-order valence-corrected chi connectivity index (χ0v) is 14.6. The molecule has 0 unspecified atom stereocenters. The number of urea groups is 1. The molecule has 3 rings (SSSR count). The predicted octanol–water partition coefficient (Wildman–Crippen LogP) is 5.68. The van der Waals surface area contributed by atoms with Crippen molar-refractivity contribution in [2.75, 3.05) is 10.6 Å². The van der Waals surface area contributed by atoms with E-state index in [1.807, 2.05) is 0 Å². The first kappa shape index (κ1) is 18.2. The number of non-ortho nitro benzene ring substituents is 1. The maximum absolute atomic E-state index is 12.0. The van der Waals surface area contributed by atoms with Gasteiger partial charge in [-0.15, -0.1) is 0 Å². The van der Waals surface area contributed by atoms with Gasteiger partial charge in [-0.2, -0.15) is 0 Å². The summed E-state index contributed by atoms with van der Waals surface area (Å²) >= 11 is 5.83. The van der Waals surface area contributed by atoms with Gasteiger partial charge in [0.1, 0.15) is 11.5 Å². The number of halogens is 1. The van der Waals surface area contributed by atoms with E-state index in [1.54, 1.807) is 54.6 Å². The summed E-state index contributed by atoms with van der Waals surface area (Å²) in [5.41, 5.74) is 0.766. The number of nitro benzene ring substituents is 1. The molecule has 3 aromatic carbocycles. The number of hydrogen-bond acceptors (Lipinski definition) is 4. The molecule has 8 heteroatoms. The Kier molecular flexibility index (Phi) is 5.53. The van der Waals surface area contributed by atoms with Gasteiger partial charge in [0.05, 0.1) is 4.92 Å². The summed E-state index contributed by atoms with van der Waals surface area (Å²) in [4.78, 5) is 22.3. The van der Waals surface area contributed by atoms with Crippen LogP contribution in [0.4, 0.5) is 21.9 Å². The van der Waals surface area contributed by atoms with Crippen molar-refractivity contribution in [2.24, 2.45) is 0 Å². The first-order valence-electron chi connectivity index (χ1n) is 7.85. The second-order valence-corrected chi connectivity index (χ2v) is 5.90. The lowest BCUT2D eigenvalue weighted by atomic mass is 10.3. The molecule has 0 aliphatic carbocycles. The molecule has 0 heterocycles. The van der Waals surface area contributed by atoms with Crippen molar-refractivity contribution < 1.29 is 14.5 Å². The molecule has 0 bridgehead atoms. The lowest BCUT2D eigenvalue weighted by molar-refractivity contribution is -0.384. The van der Waals surface area contributed by atoms with Crippen LogP contribution in [0.5, 0.6) is 11.5 Å². The van der Waals surface area contributed by atoms with Crippen molar-refractivity contribution in [3.05, 3.63) is 87.9 Å². The van der Waals surface area contributed by atoms with E-state index in [9.17, 15) is 14.9 Å². The highest BCUT2D eigenvalue weighted by molar-refractivity contribution is 6.30. The summed E-state index contributed by atoms with van der Waals surface area (Å²) in [5.74, 6) is 1.24. The second kappa shape index (κ2) is 8.20. The molecule has 7 nitrogen and oxygen atoms in total. The maximum atomic E-state index is 12.0. The Morgan fingerprint density at radius 3 is 2.11 bits per heavy atom. The highest BCUT2D eigenvalue weighted by Crippen LogP contribution is 2.24. The number of hydrogen-bond donors (Lipinski definition) is 2. The zero-order valence-electron chi connectivity index (χ0n) is 13.9. The number of carbonyl (C=O) groups excluding carboxylic acids is 1. The topological polar surface area (TPSA) is 93.5 Å². The fourth-order valence-electron chi connectivity index (χ4n) is 2.24. The van der Waals surface area contributed by atoms with Gasteiger partial charge >= 0.3 is 6.03 Å². The molecule has 0 spiro atoms. The van der Waals surface area contributed by atoms with E-state index in [0.717, 1.165) is 0 Å². The summed E-state index contributed by atoms with van der Waals surface area (Å²) in [6, 6.07) is 18.9. The average Bonchev–Trinajstić information content (AvgIpc) is 2.65. The molecule has 27 heavy (non-hydrogen) atoms. The third-order valence-electron chi connectivity index (χ3n) is 3.48. The van der Waals surface area contributed by atoms with Crippen LogP contribution in [0.3, 0.4) is 0 Å². The molecule has 0 fully saturated rings. The molecule has 136 valence electrons. The second-order valence-electron chi connectivity index (χ2n) is 5.47. The first-order valence-corrected chi connectivity index (χ1v) is 8.23. The Bertz CT molecular complexity index is 959. The van der Waals surface area contributed by atoms with Crippen molar-refractivity contribution in [1.29, 1.82) is 0 Å². The number of rotatable bonds is 5. The minimum absolute atomic E-state index is 0.100. The molecule has 2 N–H and O–H groups in total. The van der Waals surface area contributed by atoms with Gasteiger partial charge < -0.3 is 15.4 Å². The quantitative estimate of drug-likeness (QED) is 0.437. The van der Waals surface area contributed by atoms with E-state index in [0.29, 0.717) is 27.9 Å². The van der Waals surface area contributed by atoms with Crippen LogP contribution in [0.2, 0.25) is 5.02 Å². The van der Waals surface area contributed by atoms with Crippen LogP contribution < -0.4 is 15.4 Å². The molecule has 0 atom stereocenters. The molecule has 0 saturated carbocycles. The van der Waals surface area contributed by atoms with Crippen molar-refractivity contribution in [2.45, 2.75) is 0 Å². The Hall–Kier alpha value is -3.58. The predicted molar refractivity (Wildman–Crippen MR) is 104 cm³/mol. The first-order chi connectivity index (χ1) is 13.0. The summed E-state index contributed by atoms with van der Waals surface area (Å²) in [6.07, 6.45) is 0. The van der Waals surface area contributed by atoms with Crippen LogP contribution in [0.1, 0.15) is 0 Å². The van der Waals surface area contributed by atoms with Crippen molar-refractivity contribution in [3.63, 3.8) is 0 Å². The molecular formula is C19H14ClN3O4. The molecule has 0 saturated heterocycles. The van der Waals surface area contributed by atoms with E-state index in [-0.39, 0.29) is 5.69 Å². The number of nitro groups is 1. The number of amides is 2. The van der Waals surface area contributed by atoms with Crippen LogP contribution in [-0.4, -0.2) is 11.0 Å². The molecule has 3 aromatic rings. The Balaban J connectivity index is 1.59. The van der Waals surface area contributed by atoms with Crippen LogP contribution >= 0.6 is 11.6 Å². The lowest BCUT2D eigenvalue weighted by Crippen LogP contribution is -2.19. The van der Waals surface area contributed by atoms with Gasteiger partial charge in [-0.05, 0) is 54.6 Å². The largest absolute Gasteiger partial charge is 0.457 e. The highest BCUT2D eigenvalue weighted by Gasteiger charge is 2.08. The number of nitrogens with zero attached hydrogens (tertiary/aromatic N) is 1. The Morgan fingerprint density at radius 2 is 1.48 bits per heavy atom. The standard InChI is InChI=1S/C19H14ClN3O4/c20-13-4-8-17(9-5-13)27-18-10-6-14(7-11-18)21-19(24)22-15-2-1-3-16(12-15)23(25)26/h1-12H,(H2,21,22,24). The van der Waals surface area contributed by atoms with Crippen molar-refractivity contribution in [3.8, 4) is 11.5 Å². The molecule has 0 radical (unpaired) electrons. The average molecular weight is 384 g/mol.